The van der Waals surface area contributed by atoms with Crippen LogP contribution in [0.3, 0.4) is 0 Å². The van der Waals surface area contributed by atoms with Gasteiger partial charge >= 0.3 is 0 Å². The zero-order chi connectivity index (χ0) is 17.9. The van der Waals surface area contributed by atoms with Crippen LogP contribution in [0.2, 0.25) is 0 Å². The summed E-state index contributed by atoms with van der Waals surface area (Å²) >= 11 is 0. The Morgan fingerprint density at radius 3 is 1.17 bits per heavy atom. The van der Waals surface area contributed by atoms with Crippen molar-refractivity contribution >= 4 is 0 Å². The van der Waals surface area contributed by atoms with E-state index in [9.17, 15) is 0 Å². The molecule has 24 heavy (non-hydrogen) atoms. The van der Waals surface area contributed by atoms with Crippen molar-refractivity contribution in [1.82, 2.24) is 9.80 Å². The van der Waals surface area contributed by atoms with E-state index >= 15 is 0 Å². The fourth-order valence-corrected chi connectivity index (χ4v) is 2.97. The van der Waals surface area contributed by atoms with Crippen molar-refractivity contribution in [3.8, 4) is 0 Å². The molecule has 146 valence electrons. The molecule has 0 radical (unpaired) electrons. The SMILES string of the molecule is CCCCN(CCCCCO)CCN(CCCC)CCCCCO. The average molecular weight is 345 g/mol. The summed E-state index contributed by atoms with van der Waals surface area (Å²) in [6.45, 7) is 12.3. The summed E-state index contributed by atoms with van der Waals surface area (Å²) in [5.74, 6) is 0. The van der Waals surface area contributed by atoms with E-state index in [1.54, 1.807) is 0 Å². The molecule has 0 aliphatic carbocycles. The molecule has 0 bridgehead atoms. The quantitative estimate of drug-likeness (QED) is 0.352. The Balaban J connectivity index is 4.15. The Labute approximate surface area is 151 Å². The molecular formula is C20H44N2O2. The first-order valence-electron chi connectivity index (χ1n) is 10.4. The number of hydrogen-bond acceptors (Lipinski definition) is 4. The van der Waals surface area contributed by atoms with Crippen LogP contribution >= 0.6 is 0 Å². The van der Waals surface area contributed by atoms with E-state index in [-0.39, 0.29) is 0 Å². The first kappa shape index (κ1) is 23.8. The van der Waals surface area contributed by atoms with Crippen molar-refractivity contribution in [3.63, 3.8) is 0 Å². The lowest BCUT2D eigenvalue weighted by molar-refractivity contribution is 0.191. The lowest BCUT2D eigenvalue weighted by Crippen LogP contribution is -2.37. The molecule has 0 fully saturated rings. The van der Waals surface area contributed by atoms with Gasteiger partial charge in [0.2, 0.25) is 0 Å². The topological polar surface area (TPSA) is 46.9 Å². The molecule has 0 amide bonds. The zero-order valence-electron chi connectivity index (χ0n) is 16.5. The monoisotopic (exact) mass is 344 g/mol. The van der Waals surface area contributed by atoms with E-state index in [0.29, 0.717) is 13.2 Å². The van der Waals surface area contributed by atoms with Crippen LogP contribution in [0.4, 0.5) is 0 Å². The predicted molar refractivity (Wildman–Crippen MR) is 105 cm³/mol. The minimum atomic E-state index is 0.327. The van der Waals surface area contributed by atoms with Gasteiger partial charge in [-0.3, -0.25) is 0 Å². The minimum absolute atomic E-state index is 0.327. The maximum atomic E-state index is 8.92. The van der Waals surface area contributed by atoms with Crippen LogP contribution < -0.4 is 0 Å². The Bertz CT molecular complexity index is 216. The van der Waals surface area contributed by atoms with Gasteiger partial charge in [0.15, 0.2) is 0 Å². The smallest absolute Gasteiger partial charge is 0.0431 e. The van der Waals surface area contributed by atoms with Crippen LogP contribution in [0.25, 0.3) is 0 Å². The first-order chi connectivity index (χ1) is 11.8. The third-order valence-corrected chi connectivity index (χ3v) is 4.65. The fraction of sp³-hybridized carbons (Fsp3) is 1.00. The highest BCUT2D eigenvalue weighted by Gasteiger charge is 2.09. The molecule has 2 N–H and O–H groups in total. The van der Waals surface area contributed by atoms with Crippen LogP contribution in [0, 0.1) is 0 Å². The van der Waals surface area contributed by atoms with Crippen LogP contribution in [0.5, 0.6) is 0 Å². The van der Waals surface area contributed by atoms with Crippen molar-refractivity contribution in [2.45, 2.75) is 78.1 Å². The summed E-state index contributed by atoms with van der Waals surface area (Å²) in [4.78, 5) is 5.24. The van der Waals surface area contributed by atoms with Crippen molar-refractivity contribution in [1.29, 1.82) is 0 Å². The van der Waals surface area contributed by atoms with Gasteiger partial charge in [-0.15, -0.1) is 0 Å². The van der Waals surface area contributed by atoms with Gasteiger partial charge < -0.3 is 20.0 Å². The number of rotatable bonds is 19. The van der Waals surface area contributed by atoms with E-state index in [1.165, 1.54) is 77.8 Å². The second kappa shape index (κ2) is 19.2. The molecule has 0 unspecified atom stereocenters. The van der Waals surface area contributed by atoms with Crippen molar-refractivity contribution in [3.05, 3.63) is 0 Å². The molecule has 0 saturated heterocycles. The molecule has 0 aromatic rings. The second-order valence-electron chi connectivity index (χ2n) is 6.96. The normalized spacial score (nSPS) is 11.8. The molecule has 0 atom stereocenters. The molecule has 0 saturated carbocycles. The molecule has 0 aliphatic heterocycles. The summed E-state index contributed by atoms with van der Waals surface area (Å²) in [5, 5.41) is 17.8. The summed E-state index contributed by atoms with van der Waals surface area (Å²) in [7, 11) is 0. The van der Waals surface area contributed by atoms with E-state index in [4.69, 9.17) is 10.2 Å². The van der Waals surface area contributed by atoms with Crippen molar-refractivity contribution < 1.29 is 10.2 Å². The molecule has 0 heterocycles. The largest absolute Gasteiger partial charge is 0.396 e. The highest BCUT2D eigenvalue weighted by Crippen LogP contribution is 2.05. The summed E-state index contributed by atoms with van der Waals surface area (Å²) < 4.78 is 0. The molecule has 4 heteroatoms. The maximum Gasteiger partial charge on any atom is 0.0431 e. The summed E-state index contributed by atoms with van der Waals surface area (Å²) in [6.07, 6.45) is 11.6. The van der Waals surface area contributed by atoms with E-state index in [0.717, 1.165) is 25.7 Å². The highest BCUT2D eigenvalue weighted by molar-refractivity contribution is 4.65. The zero-order valence-corrected chi connectivity index (χ0v) is 16.5. The summed E-state index contributed by atoms with van der Waals surface area (Å²) in [5.41, 5.74) is 0. The van der Waals surface area contributed by atoms with E-state index in [1.807, 2.05) is 0 Å². The van der Waals surface area contributed by atoms with E-state index in [2.05, 4.69) is 23.6 Å². The standard InChI is InChI=1S/C20H44N2O2/c1-3-5-13-21(15-9-7-11-19-23)17-18-22(14-6-4-2)16-10-8-12-20-24/h23-24H,3-20H2,1-2H3. The van der Waals surface area contributed by atoms with Crippen LogP contribution in [-0.2, 0) is 0 Å². The Morgan fingerprint density at radius 2 is 0.833 bits per heavy atom. The fourth-order valence-electron chi connectivity index (χ4n) is 2.97. The van der Waals surface area contributed by atoms with Crippen LogP contribution in [-0.4, -0.2) is 72.5 Å². The average Bonchev–Trinajstić information content (AvgIpc) is 2.60. The Morgan fingerprint density at radius 1 is 0.458 bits per heavy atom. The van der Waals surface area contributed by atoms with Crippen molar-refractivity contribution in [2.24, 2.45) is 0 Å². The van der Waals surface area contributed by atoms with Gasteiger partial charge in [0.25, 0.3) is 0 Å². The molecule has 0 spiro atoms. The number of aliphatic hydroxyl groups excluding tert-OH is 2. The molecule has 0 aromatic heterocycles. The molecule has 0 aliphatic rings. The number of unbranched alkanes of at least 4 members (excludes halogenated alkanes) is 6. The molecular weight excluding hydrogens is 300 g/mol. The number of hydrogen-bond donors (Lipinski definition) is 2. The highest BCUT2D eigenvalue weighted by atomic mass is 16.3. The van der Waals surface area contributed by atoms with Gasteiger partial charge in [-0.25, -0.2) is 0 Å². The molecule has 4 nitrogen and oxygen atoms in total. The lowest BCUT2D eigenvalue weighted by atomic mass is 10.2. The van der Waals surface area contributed by atoms with Gasteiger partial charge in [-0.2, -0.15) is 0 Å². The van der Waals surface area contributed by atoms with Gasteiger partial charge in [-0.05, 0) is 77.5 Å². The summed E-state index contributed by atoms with van der Waals surface area (Å²) in [6, 6.07) is 0. The third-order valence-electron chi connectivity index (χ3n) is 4.65. The lowest BCUT2D eigenvalue weighted by Gasteiger charge is -2.28. The van der Waals surface area contributed by atoms with E-state index < -0.39 is 0 Å². The third kappa shape index (κ3) is 15.4. The second-order valence-corrected chi connectivity index (χ2v) is 6.96. The number of nitrogens with zero attached hydrogens (tertiary/aromatic N) is 2. The maximum absolute atomic E-state index is 8.92. The first-order valence-corrected chi connectivity index (χ1v) is 10.4. The number of aliphatic hydroxyl groups is 2. The predicted octanol–water partition coefficient (Wildman–Crippen LogP) is 3.52. The van der Waals surface area contributed by atoms with Gasteiger partial charge in [0, 0.05) is 26.3 Å². The van der Waals surface area contributed by atoms with Gasteiger partial charge in [0.1, 0.15) is 0 Å². The molecule has 0 rings (SSSR count). The van der Waals surface area contributed by atoms with Crippen molar-refractivity contribution in [2.75, 3.05) is 52.5 Å². The molecule has 0 aromatic carbocycles. The van der Waals surface area contributed by atoms with Gasteiger partial charge in [-0.1, -0.05) is 26.7 Å². The van der Waals surface area contributed by atoms with Crippen LogP contribution in [0.1, 0.15) is 78.1 Å². The van der Waals surface area contributed by atoms with Gasteiger partial charge in [0.05, 0.1) is 0 Å². The van der Waals surface area contributed by atoms with Crippen LogP contribution in [0.15, 0.2) is 0 Å². The minimum Gasteiger partial charge on any atom is -0.396 e. The Hall–Kier alpha value is -0.160. The Kier molecular flexibility index (Phi) is 19.0.